The second-order valence-electron chi connectivity index (χ2n) is 7.83. The van der Waals surface area contributed by atoms with Crippen LogP contribution in [0.3, 0.4) is 0 Å². The normalized spacial score (nSPS) is 16.9. The number of unbranched alkanes of at least 4 members (excludes halogenated alkanes) is 1. The Morgan fingerprint density at radius 2 is 1.77 bits per heavy atom. The molecule has 0 radical (unpaired) electrons. The zero-order valence-corrected chi connectivity index (χ0v) is 18.4. The van der Waals surface area contributed by atoms with E-state index in [0.29, 0.717) is 31.4 Å². The Bertz CT molecular complexity index is 834. The van der Waals surface area contributed by atoms with E-state index < -0.39 is 17.9 Å². The molecule has 31 heavy (non-hydrogen) atoms. The number of likely N-dealkylation sites (tertiary alicyclic amines) is 1. The Morgan fingerprint density at radius 1 is 1.10 bits per heavy atom. The fraction of sp³-hybridized carbons (Fsp3) is 0.522. The minimum Gasteiger partial charge on any atom is -0.344 e. The van der Waals surface area contributed by atoms with Crippen molar-refractivity contribution in [1.82, 2.24) is 15.5 Å². The summed E-state index contributed by atoms with van der Waals surface area (Å²) >= 11 is 0. The van der Waals surface area contributed by atoms with Gasteiger partial charge in [-0.05, 0) is 43.4 Å². The maximum atomic E-state index is 12.6. The standard InChI is InChI=1S/C23H31N3O5/c1-4-16-9-11-17(12-10-16)21(29)25-22(30)18(24-19(27)5-2)8-6-7-13-26-20(28)14-15(3)23(26)31/h9-12,15,18H,4-8,13-14H2,1-3H3,(H,24,27)(H,25,29,30). The van der Waals surface area contributed by atoms with Crippen LogP contribution in [0.5, 0.6) is 0 Å². The van der Waals surface area contributed by atoms with Crippen LogP contribution in [-0.2, 0) is 25.6 Å². The van der Waals surface area contributed by atoms with E-state index in [9.17, 15) is 24.0 Å². The number of nitrogens with zero attached hydrogens (tertiary/aromatic N) is 1. The fourth-order valence-corrected chi connectivity index (χ4v) is 3.43. The van der Waals surface area contributed by atoms with Crippen LogP contribution in [0, 0.1) is 5.92 Å². The lowest BCUT2D eigenvalue weighted by Crippen LogP contribution is -2.48. The molecule has 0 aromatic heterocycles. The third kappa shape index (κ3) is 6.73. The van der Waals surface area contributed by atoms with E-state index in [-0.39, 0.29) is 36.5 Å². The Morgan fingerprint density at radius 3 is 2.32 bits per heavy atom. The summed E-state index contributed by atoms with van der Waals surface area (Å²) in [4.78, 5) is 62.0. The quantitative estimate of drug-likeness (QED) is 0.436. The van der Waals surface area contributed by atoms with E-state index in [0.717, 1.165) is 12.0 Å². The lowest BCUT2D eigenvalue weighted by atomic mass is 10.1. The molecule has 8 heteroatoms. The summed E-state index contributed by atoms with van der Waals surface area (Å²) in [7, 11) is 0. The maximum absolute atomic E-state index is 12.6. The first-order valence-electron chi connectivity index (χ1n) is 10.8. The molecule has 2 rings (SSSR count). The number of amides is 5. The van der Waals surface area contributed by atoms with Crippen LogP contribution in [0.4, 0.5) is 0 Å². The molecule has 1 fully saturated rings. The average Bonchev–Trinajstić information content (AvgIpc) is 3.01. The van der Waals surface area contributed by atoms with Gasteiger partial charge in [-0.3, -0.25) is 34.2 Å². The predicted octanol–water partition coefficient (Wildman–Crippen LogP) is 1.97. The van der Waals surface area contributed by atoms with Crippen molar-refractivity contribution in [2.24, 2.45) is 5.92 Å². The molecule has 0 bridgehead atoms. The molecule has 0 aliphatic carbocycles. The van der Waals surface area contributed by atoms with Gasteiger partial charge in [0.15, 0.2) is 0 Å². The zero-order valence-electron chi connectivity index (χ0n) is 18.4. The van der Waals surface area contributed by atoms with Crippen LogP contribution in [0.25, 0.3) is 0 Å². The molecular weight excluding hydrogens is 398 g/mol. The summed E-state index contributed by atoms with van der Waals surface area (Å²) in [6.07, 6.45) is 2.61. The van der Waals surface area contributed by atoms with Gasteiger partial charge in [-0.15, -0.1) is 0 Å². The Kier molecular flexibility index (Phi) is 8.90. The minimum absolute atomic E-state index is 0.168. The average molecular weight is 430 g/mol. The second kappa shape index (κ2) is 11.4. The molecule has 1 saturated heterocycles. The number of hydrogen-bond acceptors (Lipinski definition) is 5. The van der Waals surface area contributed by atoms with Crippen LogP contribution in [0.2, 0.25) is 0 Å². The van der Waals surface area contributed by atoms with E-state index >= 15 is 0 Å². The predicted molar refractivity (Wildman–Crippen MR) is 115 cm³/mol. The van der Waals surface area contributed by atoms with Crippen molar-refractivity contribution in [2.45, 2.75) is 65.3 Å². The largest absolute Gasteiger partial charge is 0.344 e. The van der Waals surface area contributed by atoms with E-state index in [1.165, 1.54) is 4.90 Å². The first-order chi connectivity index (χ1) is 14.8. The van der Waals surface area contributed by atoms with Crippen LogP contribution < -0.4 is 10.6 Å². The molecule has 168 valence electrons. The number of imide groups is 2. The van der Waals surface area contributed by atoms with Crippen molar-refractivity contribution in [1.29, 1.82) is 0 Å². The van der Waals surface area contributed by atoms with Gasteiger partial charge in [-0.1, -0.05) is 32.9 Å². The number of rotatable bonds is 10. The van der Waals surface area contributed by atoms with Crippen LogP contribution in [0.15, 0.2) is 24.3 Å². The number of nitrogens with one attached hydrogen (secondary N) is 2. The van der Waals surface area contributed by atoms with Gasteiger partial charge in [-0.2, -0.15) is 0 Å². The summed E-state index contributed by atoms with van der Waals surface area (Å²) in [5, 5.41) is 5.00. The molecule has 1 aromatic carbocycles. The lowest BCUT2D eigenvalue weighted by molar-refractivity contribution is -0.139. The highest BCUT2D eigenvalue weighted by molar-refractivity contribution is 6.06. The third-order valence-electron chi connectivity index (χ3n) is 5.43. The van der Waals surface area contributed by atoms with Crippen molar-refractivity contribution >= 4 is 29.5 Å². The molecule has 1 aliphatic rings. The van der Waals surface area contributed by atoms with E-state index in [1.807, 2.05) is 19.1 Å². The summed E-state index contributed by atoms with van der Waals surface area (Å²) in [5.41, 5.74) is 1.45. The smallest absolute Gasteiger partial charge is 0.257 e. The molecule has 2 N–H and O–H groups in total. The number of carbonyl (C=O) groups is 5. The van der Waals surface area contributed by atoms with Gasteiger partial charge in [0.2, 0.25) is 23.6 Å². The SMILES string of the molecule is CCC(=O)NC(CCCCN1C(=O)CC(C)C1=O)C(=O)NC(=O)c1ccc(CC)cc1. The van der Waals surface area contributed by atoms with Gasteiger partial charge >= 0.3 is 0 Å². The highest BCUT2D eigenvalue weighted by Gasteiger charge is 2.34. The zero-order chi connectivity index (χ0) is 23.0. The number of carbonyl (C=O) groups excluding carboxylic acids is 5. The van der Waals surface area contributed by atoms with Gasteiger partial charge in [0.05, 0.1) is 0 Å². The Hall–Kier alpha value is -3.03. The first kappa shape index (κ1) is 24.2. The highest BCUT2D eigenvalue weighted by atomic mass is 16.2. The van der Waals surface area contributed by atoms with E-state index in [4.69, 9.17) is 0 Å². The van der Waals surface area contributed by atoms with E-state index in [2.05, 4.69) is 10.6 Å². The monoisotopic (exact) mass is 429 g/mol. The molecule has 1 heterocycles. The molecule has 8 nitrogen and oxygen atoms in total. The van der Waals surface area contributed by atoms with Crippen molar-refractivity contribution in [2.75, 3.05) is 6.54 Å². The topological polar surface area (TPSA) is 113 Å². The summed E-state index contributed by atoms with van der Waals surface area (Å²) in [5.74, 6) is -2.02. The van der Waals surface area contributed by atoms with Gasteiger partial charge in [-0.25, -0.2) is 0 Å². The van der Waals surface area contributed by atoms with Crippen LogP contribution >= 0.6 is 0 Å². The fourth-order valence-electron chi connectivity index (χ4n) is 3.43. The van der Waals surface area contributed by atoms with E-state index in [1.54, 1.807) is 26.0 Å². The molecule has 0 saturated carbocycles. The summed E-state index contributed by atoms with van der Waals surface area (Å²) < 4.78 is 0. The molecular formula is C23H31N3O5. The minimum atomic E-state index is -0.866. The number of aryl methyl sites for hydroxylation is 1. The van der Waals surface area contributed by atoms with Crippen molar-refractivity contribution in [3.05, 3.63) is 35.4 Å². The Balaban J connectivity index is 1.91. The highest BCUT2D eigenvalue weighted by Crippen LogP contribution is 2.19. The number of hydrogen-bond donors (Lipinski definition) is 2. The van der Waals surface area contributed by atoms with Crippen molar-refractivity contribution in [3.63, 3.8) is 0 Å². The first-order valence-corrected chi connectivity index (χ1v) is 10.8. The molecule has 0 spiro atoms. The van der Waals surface area contributed by atoms with Gasteiger partial charge in [0.25, 0.3) is 5.91 Å². The van der Waals surface area contributed by atoms with Crippen molar-refractivity contribution in [3.8, 4) is 0 Å². The number of benzene rings is 1. The molecule has 2 atom stereocenters. The van der Waals surface area contributed by atoms with Gasteiger partial charge in [0, 0.05) is 30.9 Å². The van der Waals surface area contributed by atoms with Gasteiger partial charge in [0.1, 0.15) is 6.04 Å². The maximum Gasteiger partial charge on any atom is 0.257 e. The third-order valence-corrected chi connectivity index (χ3v) is 5.43. The molecule has 1 aliphatic heterocycles. The lowest BCUT2D eigenvalue weighted by Gasteiger charge is -2.19. The molecule has 2 unspecified atom stereocenters. The molecule has 5 amide bonds. The Labute approximate surface area is 182 Å². The second-order valence-corrected chi connectivity index (χ2v) is 7.83. The van der Waals surface area contributed by atoms with Crippen molar-refractivity contribution < 1.29 is 24.0 Å². The summed E-state index contributed by atoms with van der Waals surface area (Å²) in [6, 6.07) is 6.11. The molecule has 1 aromatic rings. The summed E-state index contributed by atoms with van der Waals surface area (Å²) in [6.45, 7) is 5.71. The van der Waals surface area contributed by atoms with Gasteiger partial charge < -0.3 is 5.32 Å². The van der Waals surface area contributed by atoms with Crippen LogP contribution in [0.1, 0.15) is 68.8 Å². The van der Waals surface area contributed by atoms with Crippen LogP contribution in [-0.4, -0.2) is 47.0 Å².